The van der Waals surface area contributed by atoms with Crippen LogP contribution in [0.3, 0.4) is 0 Å². The molecule has 0 aromatic rings. The highest BCUT2D eigenvalue weighted by Crippen LogP contribution is 2.83. The van der Waals surface area contributed by atoms with E-state index in [0.29, 0.717) is 0 Å². The molecule has 13 nitrogen and oxygen atoms in total. The molecule has 0 unspecified atom stereocenters. The molecule has 0 spiro atoms. The lowest BCUT2D eigenvalue weighted by atomic mass is 11.2. The molecule has 0 aliphatic rings. The maximum absolute atomic E-state index is 5.89. The average molecular weight is 607 g/mol. The normalized spacial score (nSPS) is 14.8. The van der Waals surface area contributed by atoms with Crippen molar-refractivity contribution in [3.05, 3.63) is 0 Å². The third-order valence-corrected chi connectivity index (χ3v) is 22.6. The molecule has 0 aliphatic carbocycles. The highest BCUT2D eigenvalue weighted by Gasteiger charge is 2.55. The van der Waals surface area contributed by atoms with E-state index in [1.54, 1.807) is 0 Å². The zero-order valence-electron chi connectivity index (χ0n) is 27.6. The van der Waals surface area contributed by atoms with Crippen LogP contribution in [0, 0.1) is 0 Å². The first-order valence-electron chi connectivity index (χ1n) is 12.1. The zero-order valence-corrected chi connectivity index (χ0v) is 31.2. The summed E-state index contributed by atoms with van der Waals surface area (Å²) in [4.78, 5) is 0. The molecular weight excluding hydrogens is 546 g/mol. The van der Waals surface area contributed by atoms with Crippen molar-refractivity contribution in [2.75, 3.05) is 141 Å². The molecular formula is C20H60N13P4+. The third-order valence-electron chi connectivity index (χ3n) is 6.09. The van der Waals surface area contributed by atoms with Crippen LogP contribution in [0.4, 0.5) is 0 Å². The molecule has 0 saturated heterocycles. The lowest BCUT2D eigenvalue weighted by molar-refractivity contribution is 0.470. The van der Waals surface area contributed by atoms with Crippen molar-refractivity contribution < 1.29 is 0 Å². The second-order valence-electron chi connectivity index (χ2n) is 10.9. The van der Waals surface area contributed by atoms with Crippen LogP contribution in [0.15, 0.2) is 13.5 Å². The molecule has 224 valence electrons. The maximum atomic E-state index is 5.89. The van der Waals surface area contributed by atoms with Gasteiger partial charge in [-0.25, -0.2) is 42.0 Å². The van der Waals surface area contributed by atoms with Gasteiger partial charge in [0.25, 0.3) is 0 Å². The van der Waals surface area contributed by atoms with Crippen molar-refractivity contribution in [1.82, 2.24) is 46.7 Å². The Hall–Kier alpha value is 0.720. The predicted molar refractivity (Wildman–Crippen MR) is 172 cm³/mol. The van der Waals surface area contributed by atoms with Crippen LogP contribution in [-0.2, 0) is 0 Å². The molecule has 37 heavy (non-hydrogen) atoms. The lowest BCUT2D eigenvalue weighted by Crippen LogP contribution is -2.33. The van der Waals surface area contributed by atoms with E-state index in [9.17, 15) is 0 Å². The highest BCUT2D eigenvalue weighted by molar-refractivity contribution is 7.84. The maximum Gasteiger partial charge on any atom is 0.453 e. The second kappa shape index (κ2) is 14.1. The van der Waals surface area contributed by atoms with Crippen LogP contribution >= 0.6 is 30.4 Å². The molecule has 17 heteroatoms. The predicted octanol–water partition coefficient (Wildman–Crippen LogP) is 4.12. The van der Waals surface area contributed by atoms with Crippen molar-refractivity contribution in [2.45, 2.75) is 0 Å². The molecule has 0 amide bonds. The van der Waals surface area contributed by atoms with Crippen LogP contribution in [0.1, 0.15) is 0 Å². The quantitative estimate of drug-likeness (QED) is 0.286. The van der Waals surface area contributed by atoms with Crippen LogP contribution in [0.2, 0.25) is 0 Å². The van der Waals surface area contributed by atoms with Crippen molar-refractivity contribution in [3.63, 3.8) is 0 Å². The fourth-order valence-corrected chi connectivity index (χ4v) is 24.1. The Kier molecular flexibility index (Phi) is 14.3. The average Bonchev–Trinajstić information content (AvgIpc) is 2.70. The molecule has 0 radical (unpaired) electrons. The fourth-order valence-electron chi connectivity index (χ4n) is 4.72. The van der Waals surface area contributed by atoms with Crippen molar-refractivity contribution in [3.8, 4) is 0 Å². The van der Waals surface area contributed by atoms with Gasteiger partial charge in [-0.3, -0.25) is 0 Å². The van der Waals surface area contributed by atoms with E-state index in [4.69, 9.17) is 13.5 Å². The van der Waals surface area contributed by atoms with Crippen LogP contribution in [0.5, 0.6) is 0 Å². The van der Waals surface area contributed by atoms with E-state index in [1.807, 2.05) is 0 Å². The minimum absolute atomic E-state index is 2.09. The first-order valence-corrected chi connectivity index (χ1v) is 18.5. The highest BCUT2D eigenvalue weighted by atomic mass is 31.3. The van der Waals surface area contributed by atoms with Gasteiger partial charge >= 0.3 is 7.87 Å². The van der Waals surface area contributed by atoms with Gasteiger partial charge in [0.1, 0.15) is 0 Å². The summed E-state index contributed by atoms with van der Waals surface area (Å²) in [7, 11) is 32.1. The summed E-state index contributed by atoms with van der Waals surface area (Å²) >= 11 is 0. The summed E-state index contributed by atoms with van der Waals surface area (Å²) < 4.78 is 40.1. The van der Waals surface area contributed by atoms with Gasteiger partial charge in [-0.1, -0.05) is 0 Å². The van der Waals surface area contributed by atoms with E-state index in [2.05, 4.69) is 188 Å². The standard InChI is InChI=1S/C20H60N13P4/c1-24(2)34(21-35(25(3)4,26(5)6)27(7)8,22-36(28(9)10,29(11)12)30(13)14)23-37(31(15)16,32(17)18)33(19)20/h1-20H3/q+1. The van der Waals surface area contributed by atoms with Crippen molar-refractivity contribution >= 4 is 30.4 Å². The number of nitrogens with zero attached hydrogens (tertiary/aromatic N) is 13. The molecule has 0 fully saturated rings. The number of rotatable bonds is 13. The van der Waals surface area contributed by atoms with Gasteiger partial charge < -0.3 is 0 Å². The van der Waals surface area contributed by atoms with E-state index in [-0.39, 0.29) is 0 Å². The smallest absolute Gasteiger partial charge is 0.249 e. The molecule has 0 rings (SSSR count). The summed E-state index contributed by atoms with van der Waals surface area (Å²) in [5, 5.41) is 0. The Morgan fingerprint density at radius 3 is 0.514 bits per heavy atom. The van der Waals surface area contributed by atoms with Crippen LogP contribution < -0.4 is 0 Å². The Bertz CT molecular complexity index is 700. The molecule has 0 N–H and O–H groups in total. The van der Waals surface area contributed by atoms with Crippen molar-refractivity contribution in [2.24, 2.45) is 13.5 Å². The minimum atomic E-state index is -2.94. The van der Waals surface area contributed by atoms with Gasteiger partial charge in [-0.15, -0.1) is 4.67 Å². The first kappa shape index (κ1) is 37.7. The van der Waals surface area contributed by atoms with Gasteiger partial charge in [-0.05, 0) is 140 Å². The molecule has 0 saturated carbocycles. The minimum Gasteiger partial charge on any atom is -0.249 e. The van der Waals surface area contributed by atoms with Crippen molar-refractivity contribution in [1.29, 1.82) is 0 Å². The lowest BCUT2D eigenvalue weighted by Gasteiger charge is -2.44. The van der Waals surface area contributed by atoms with Crippen LogP contribution in [-0.4, -0.2) is 188 Å². The second-order valence-corrected chi connectivity index (χ2v) is 25.3. The molecule has 0 bridgehead atoms. The summed E-state index contributed by atoms with van der Waals surface area (Å²) in [5.74, 6) is 0. The van der Waals surface area contributed by atoms with Gasteiger partial charge in [0.2, 0.25) is 22.5 Å². The number of hydrogen-bond acceptors (Lipinski definition) is 4. The molecule has 0 aliphatic heterocycles. The monoisotopic (exact) mass is 606 g/mol. The van der Waals surface area contributed by atoms with Gasteiger partial charge in [-0.2, -0.15) is 0 Å². The third kappa shape index (κ3) is 7.14. The summed E-state index contributed by atoms with van der Waals surface area (Å²) in [6.45, 7) is 0. The molecule has 0 aromatic carbocycles. The first-order chi connectivity index (χ1) is 16.6. The summed E-state index contributed by atoms with van der Waals surface area (Å²) in [5.41, 5.74) is 0. The molecule has 0 heterocycles. The zero-order chi connectivity index (χ0) is 29.9. The van der Waals surface area contributed by atoms with E-state index < -0.39 is 30.4 Å². The Morgan fingerprint density at radius 2 is 0.432 bits per heavy atom. The van der Waals surface area contributed by atoms with Crippen LogP contribution in [0.25, 0.3) is 0 Å². The Balaban J connectivity index is 8.98. The summed E-state index contributed by atoms with van der Waals surface area (Å²) in [6.07, 6.45) is 0. The number of hydrogen-bond donors (Lipinski definition) is 0. The molecule has 0 aromatic heterocycles. The Labute approximate surface area is 231 Å². The van der Waals surface area contributed by atoms with Gasteiger partial charge in [0, 0.05) is 14.1 Å². The largest absolute Gasteiger partial charge is 0.453 e. The fraction of sp³-hybridized carbons (Fsp3) is 1.00. The topological polar surface area (TPSA) is 69.5 Å². The SMILES string of the molecule is CN(C)P(=N[P+](N=P(N(C)C)(N(C)C)N(C)C)(N=P(N(C)C)(N(C)C)N(C)C)N(C)C)(N(C)C)N(C)C. The molecule has 0 atom stereocenters. The van der Waals surface area contributed by atoms with Gasteiger partial charge in [0.05, 0.1) is 0 Å². The Morgan fingerprint density at radius 1 is 0.297 bits per heavy atom. The summed E-state index contributed by atoms with van der Waals surface area (Å²) in [6, 6.07) is 0. The van der Waals surface area contributed by atoms with E-state index >= 15 is 0 Å². The van der Waals surface area contributed by atoms with E-state index in [0.717, 1.165) is 0 Å². The van der Waals surface area contributed by atoms with Gasteiger partial charge in [0.15, 0.2) is 0 Å². The van der Waals surface area contributed by atoms with E-state index in [1.165, 1.54) is 0 Å².